The van der Waals surface area contributed by atoms with Crippen molar-refractivity contribution in [2.24, 2.45) is 0 Å². The van der Waals surface area contributed by atoms with E-state index in [9.17, 15) is 0 Å². The van der Waals surface area contributed by atoms with Crippen LogP contribution in [0.15, 0.2) is 85.0 Å². The number of rotatable bonds is 9. The topological polar surface area (TPSA) is 0 Å². The Morgan fingerprint density at radius 1 is 0.339 bits per heavy atom. The van der Waals surface area contributed by atoms with Gasteiger partial charge in [-0.2, -0.15) is 0 Å². The van der Waals surface area contributed by atoms with Crippen molar-refractivity contribution < 1.29 is 0 Å². The summed E-state index contributed by atoms with van der Waals surface area (Å²) >= 11 is -5.37. The molecule has 4 heteroatoms. The van der Waals surface area contributed by atoms with Gasteiger partial charge in [-0.15, -0.1) is 12.2 Å². The molecule has 0 heterocycles. The van der Waals surface area contributed by atoms with Crippen molar-refractivity contribution in [2.45, 2.75) is 178 Å². The van der Waals surface area contributed by atoms with E-state index in [4.69, 9.17) is 0 Å². The maximum atomic E-state index is 2.90. The van der Waals surface area contributed by atoms with Crippen molar-refractivity contribution in [3.05, 3.63) is 118 Å². The minimum absolute atomic E-state index is 0.161. The Balaban J connectivity index is 2.98. The van der Waals surface area contributed by atoms with Crippen molar-refractivity contribution in [1.29, 1.82) is 0 Å². The standard InChI is InChI=1S/C28H27Si.6C4H9.3Al/c1-23-5-11-26(12-6-23)17-20-29(4,21-18-27-13-7-24(2)8-14-27)22-19-28-15-9-25(3)10-16-28;6*1-4(2)3;;;/h5-19H,1-4H3;6*1-3H3;;;. The maximum absolute atomic E-state index is 2.90. The Morgan fingerprint density at radius 2 is 0.500 bits per heavy atom. The lowest BCUT2D eigenvalue weighted by molar-refractivity contribution is 0.648. The Kier molecular flexibility index (Phi) is 15.5. The first-order valence-electron chi connectivity index (χ1n) is 21.5. The summed E-state index contributed by atoms with van der Waals surface area (Å²) in [6, 6.07) is 28.5. The zero-order chi connectivity index (χ0) is 43.0. The van der Waals surface area contributed by atoms with Gasteiger partial charge < -0.3 is 0 Å². The number of hydrogen-bond donors (Lipinski definition) is 0. The molecule has 3 rings (SSSR count). The van der Waals surface area contributed by atoms with E-state index >= 15 is 0 Å². The molecule has 0 amide bonds. The van der Waals surface area contributed by atoms with Gasteiger partial charge in [0.05, 0.1) is 8.07 Å². The van der Waals surface area contributed by atoms with Gasteiger partial charge in [-0.3, -0.25) is 0 Å². The normalized spacial score (nSPS) is 14.6. The van der Waals surface area contributed by atoms with Crippen LogP contribution < -0.4 is 0 Å². The van der Waals surface area contributed by atoms with Gasteiger partial charge in [0.2, 0.25) is 0 Å². The molecule has 3 aromatic carbocycles. The van der Waals surface area contributed by atoms with Crippen molar-refractivity contribution in [1.82, 2.24) is 0 Å². The average molecular weight is 815 g/mol. The zero-order valence-electron chi connectivity index (χ0n) is 40.4. The molecule has 0 atom stereocenters. The fourth-order valence-electron chi connectivity index (χ4n) is 11.3. The first-order chi connectivity index (χ1) is 25.2. The molecule has 0 spiro atoms. The predicted octanol–water partition coefficient (Wildman–Crippen LogP) is 16.8. The second-order valence-electron chi connectivity index (χ2n) is 24.2. The van der Waals surface area contributed by atoms with Gasteiger partial charge in [0.1, 0.15) is 0 Å². The van der Waals surface area contributed by atoms with E-state index in [-0.39, 0.29) is 25.7 Å². The Morgan fingerprint density at radius 3 is 0.643 bits per heavy atom. The van der Waals surface area contributed by atoms with Gasteiger partial charge >= 0.3 is 42.4 Å². The molecule has 0 saturated heterocycles. The zero-order valence-corrected chi connectivity index (χ0v) is 44.9. The van der Waals surface area contributed by atoms with Crippen LogP contribution in [0.4, 0.5) is 0 Å². The van der Waals surface area contributed by atoms with Crippen LogP contribution in [0.1, 0.15) is 158 Å². The third-order valence-electron chi connectivity index (χ3n) is 12.1. The summed E-state index contributed by atoms with van der Waals surface area (Å²) < 4.78 is 6.53. The monoisotopic (exact) mass is 815 g/mol. The molecular formula is C52H81Al3Si. The van der Waals surface area contributed by atoms with Gasteiger partial charge in [-0.25, -0.2) is 0 Å². The summed E-state index contributed by atoms with van der Waals surface area (Å²) in [6.07, 6.45) is 8.41. The van der Waals surface area contributed by atoms with Crippen molar-refractivity contribution >= 4 is 68.7 Å². The molecule has 0 aliphatic carbocycles. The second kappa shape index (κ2) is 17.7. The van der Waals surface area contributed by atoms with Gasteiger partial charge in [-0.1, -0.05) is 265 Å². The van der Waals surface area contributed by atoms with Crippen LogP contribution in [0.5, 0.6) is 0 Å². The minimum Gasteiger partial charge on any atom is -0.133 e. The van der Waals surface area contributed by atoms with E-state index in [1.165, 1.54) is 33.4 Å². The Bertz CT molecular complexity index is 1590. The van der Waals surface area contributed by atoms with Gasteiger partial charge in [-0.05, 0) is 37.5 Å². The summed E-state index contributed by atoms with van der Waals surface area (Å²) in [6.45, 7) is 56.2. The lowest BCUT2D eigenvalue weighted by atomic mass is 10.1. The summed E-state index contributed by atoms with van der Waals surface area (Å²) in [5, 5.41) is 0. The quantitative estimate of drug-likeness (QED) is 0.189. The lowest BCUT2D eigenvalue weighted by Crippen LogP contribution is -2.60. The van der Waals surface area contributed by atoms with E-state index in [1.54, 1.807) is 0 Å². The predicted molar refractivity (Wildman–Crippen MR) is 265 cm³/mol. The molecule has 0 nitrogen and oxygen atoms in total. The molecule has 0 N–H and O–H groups in total. The van der Waals surface area contributed by atoms with E-state index < -0.39 is 50.5 Å². The summed E-state index contributed by atoms with van der Waals surface area (Å²) in [7, 11) is -2.81. The Labute approximate surface area is 362 Å². The van der Waals surface area contributed by atoms with E-state index in [1.807, 2.05) is 12.2 Å². The molecule has 3 aromatic rings. The third-order valence-corrected chi connectivity index (χ3v) is 36.5. The van der Waals surface area contributed by atoms with Crippen LogP contribution in [-0.4, -0.2) is 50.5 Å². The molecule has 0 saturated carbocycles. The second-order valence-corrected chi connectivity index (χ2v) is 44.7. The molecule has 302 valence electrons. The van der Waals surface area contributed by atoms with Gasteiger partial charge in [0, 0.05) is 0 Å². The molecule has 0 bridgehead atoms. The van der Waals surface area contributed by atoms with Crippen molar-refractivity contribution in [3.63, 3.8) is 0 Å². The SMILES string of the molecule is Cc1ccc(/C=[C](\[Al]([C](C)(C)C)[C](C)(C)C)[Si](C)(/[C](=C/c2ccc(C)cc2)[Al]([C](C)(C)C)[C](C)(C)C)/[C](=C/c2ccc(C)cc2)[Al]([C](C)(C)C)[C](C)(C)C)cc1. The highest BCUT2D eigenvalue weighted by Crippen LogP contribution is 2.58. The van der Waals surface area contributed by atoms with Gasteiger partial charge in [0.15, 0.2) is 0 Å². The summed E-state index contributed by atoms with van der Waals surface area (Å²) in [4.78, 5) is 0. The van der Waals surface area contributed by atoms with Crippen molar-refractivity contribution in [2.75, 3.05) is 0 Å². The number of hydrogen-bond acceptors (Lipinski definition) is 0. The van der Waals surface area contributed by atoms with Crippen molar-refractivity contribution in [3.8, 4) is 0 Å². The smallest absolute Gasteiger partial charge is 0.133 e. The average Bonchev–Trinajstić information content (AvgIpc) is 2.99. The largest absolute Gasteiger partial charge is 0.306 e. The fraction of sp³-hybridized carbons (Fsp3) is 0.538. The van der Waals surface area contributed by atoms with Crippen LogP contribution in [0.3, 0.4) is 0 Å². The lowest BCUT2D eigenvalue weighted by Gasteiger charge is -2.54. The third kappa shape index (κ3) is 12.4. The maximum Gasteiger partial charge on any atom is 0.306 e. The first-order valence-corrected chi connectivity index (χ1v) is 29.2. The minimum atomic E-state index is -2.81. The summed E-state index contributed by atoms with van der Waals surface area (Å²) in [5.74, 6) is 0. The van der Waals surface area contributed by atoms with E-state index in [0.29, 0.717) is 0 Å². The number of benzene rings is 3. The van der Waals surface area contributed by atoms with Crippen LogP contribution in [-0.2, 0) is 0 Å². The highest BCUT2D eigenvalue weighted by Gasteiger charge is 2.60. The molecule has 0 unspecified atom stereocenters. The molecule has 0 aliphatic rings. The summed E-state index contributed by atoms with van der Waals surface area (Å²) in [5.41, 5.74) is 8.08. The highest BCUT2D eigenvalue weighted by molar-refractivity contribution is 7.22. The number of aryl methyl sites for hydroxylation is 3. The van der Waals surface area contributed by atoms with Crippen LogP contribution in [0.2, 0.25) is 32.2 Å². The molecule has 0 aliphatic heterocycles. The Hall–Kier alpha value is -1.31. The molecule has 0 radical (unpaired) electrons. The first kappa shape index (κ1) is 49.1. The molecule has 56 heavy (non-hydrogen) atoms. The molecule has 0 fully saturated rings. The highest BCUT2D eigenvalue weighted by atomic mass is 28.3. The van der Waals surface area contributed by atoms with E-state index in [0.717, 1.165) is 0 Å². The van der Waals surface area contributed by atoms with Crippen LogP contribution in [0.25, 0.3) is 18.2 Å². The molecule has 0 aromatic heterocycles. The van der Waals surface area contributed by atoms with Gasteiger partial charge in [0.25, 0.3) is 0 Å². The van der Waals surface area contributed by atoms with E-state index in [2.05, 4.69) is 243 Å². The van der Waals surface area contributed by atoms with Crippen LogP contribution >= 0.6 is 0 Å². The van der Waals surface area contributed by atoms with Crippen LogP contribution in [0, 0.1) is 20.8 Å². The fourth-order valence-corrected chi connectivity index (χ4v) is 47.3. The molecular weight excluding hydrogens is 734 g/mol.